The Kier molecular flexibility index (Phi) is 9.13. The molecule has 3 rings (SSSR count). The Labute approximate surface area is 214 Å². The summed E-state index contributed by atoms with van der Waals surface area (Å²) < 4.78 is 5.34. The van der Waals surface area contributed by atoms with E-state index in [0.29, 0.717) is 6.54 Å². The second-order valence-electron chi connectivity index (χ2n) is 10.4. The van der Waals surface area contributed by atoms with Gasteiger partial charge in [-0.1, -0.05) is 61.5 Å². The minimum absolute atomic E-state index is 0.0706. The molecular formula is C29H39N3O4. The van der Waals surface area contributed by atoms with Gasteiger partial charge in [-0.05, 0) is 70.1 Å². The number of amides is 3. The second kappa shape index (κ2) is 12.1. The summed E-state index contributed by atoms with van der Waals surface area (Å²) in [6.45, 7) is 9.39. The fraction of sp³-hybridized carbons (Fsp3) is 0.483. The number of carbonyl (C=O) groups excluding carboxylic acids is 3. The molecule has 2 N–H and O–H groups in total. The largest absolute Gasteiger partial charge is 0.444 e. The van der Waals surface area contributed by atoms with Gasteiger partial charge in [0.1, 0.15) is 17.7 Å². The van der Waals surface area contributed by atoms with Gasteiger partial charge in [0.2, 0.25) is 11.8 Å². The standard InChI is InChI=1S/C29H39N3O4/c1-6-21-15-17-23(18-16-21)25(26(33)30-19-22-11-8-7-9-12-22)32(24-13-10-14-24)27(34)20(2)31-28(35)36-29(3,4)5/h7-9,11-12,15-18,20,24-25H,6,10,13-14,19H2,1-5H3,(H,30,33)(H,31,35). The van der Waals surface area contributed by atoms with E-state index >= 15 is 0 Å². The van der Waals surface area contributed by atoms with E-state index in [1.54, 1.807) is 32.6 Å². The minimum atomic E-state index is -0.847. The summed E-state index contributed by atoms with van der Waals surface area (Å²) in [4.78, 5) is 41.5. The van der Waals surface area contributed by atoms with Crippen LogP contribution in [0.3, 0.4) is 0 Å². The van der Waals surface area contributed by atoms with Gasteiger partial charge < -0.3 is 20.3 Å². The van der Waals surface area contributed by atoms with Crippen molar-refractivity contribution in [3.05, 3.63) is 71.3 Å². The van der Waals surface area contributed by atoms with Crippen molar-refractivity contribution in [3.8, 4) is 0 Å². The van der Waals surface area contributed by atoms with E-state index in [4.69, 9.17) is 4.74 Å². The fourth-order valence-electron chi connectivity index (χ4n) is 4.21. The Bertz CT molecular complexity index is 1030. The minimum Gasteiger partial charge on any atom is -0.444 e. The smallest absolute Gasteiger partial charge is 0.408 e. The molecule has 1 fully saturated rings. The number of benzene rings is 2. The quantitative estimate of drug-likeness (QED) is 0.520. The van der Waals surface area contributed by atoms with Gasteiger partial charge >= 0.3 is 6.09 Å². The number of hydrogen-bond acceptors (Lipinski definition) is 4. The normalized spacial score (nSPS) is 15.2. The van der Waals surface area contributed by atoms with Crippen LogP contribution in [0.25, 0.3) is 0 Å². The lowest BCUT2D eigenvalue weighted by Crippen LogP contribution is -2.56. The lowest BCUT2D eigenvalue weighted by atomic mass is 9.88. The molecule has 2 atom stereocenters. The number of carbonyl (C=O) groups is 3. The molecule has 0 radical (unpaired) electrons. The Morgan fingerprint density at radius 3 is 2.17 bits per heavy atom. The number of rotatable bonds is 9. The Morgan fingerprint density at radius 2 is 1.64 bits per heavy atom. The van der Waals surface area contributed by atoms with Gasteiger partial charge in [-0.15, -0.1) is 0 Å². The van der Waals surface area contributed by atoms with E-state index in [1.807, 2.05) is 54.6 Å². The monoisotopic (exact) mass is 493 g/mol. The van der Waals surface area contributed by atoms with Crippen LogP contribution in [0, 0.1) is 0 Å². The summed E-state index contributed by atoms with van der Waals surface area (Å²) >= 11 is 0. The maximum atomic E-state index is 13.8. The van der Waals surface area contributed by atoms with Gasteiger partial charge in [0.25, 0.3) is 0 Å². The van der Waals surface area contributed by atoms with Gasteiger partial charge in [-0.3, -0.25) is 9.59 Å². The Hall–Kier alpha value is -3.35. The molecule has 0 saturated heterocycles. The lowest BCUT2D eigenvalue weighted by Gasteiger charge is -2.43. The highest BCUT2D eigenvalue weighted by Crippen LogP contribution is 2.34. The molecule has 7 nitrogen and oxygen atoms in total. The van der Waals surface area contributed by atoms with Crippen molar-refractivity contribution in [2.45, 2.75) is 90.6 Å². The highest BCUT2D eigenvalue weighted by Gasteiger charge is 2.40. The third-order valence-corrected chi connectivity index (χ3v) is 6.37. The SMILES string of the molecule is CCc1ccc(C(C(=O)NCc2ccccc2)N(C(=O)C(C)NC(=O)OC(C)(C)C)C2CCC2)cc1. The molecule has 2 aromatic carbocycles. The average Bonchev–Trinajstić information content (AvgIpc) is 2.80. The van der Waals surface area contributed by atoms with E-state index in [2.05, 4.69) is 17.6 Å². The van der Waals surface area contributed by atoms with Crippen LogP contribution in [0.1, 0.15) is 76.6 Å². The van der Waals surface area contributed by atoms with Crippen molar-refractivity contribution < 1.29 is 19.1 Å². The molecule has 1 aliphatic rings. The summed E-state index contributed by atoms with van der Waals surface area (Å²) in [5.74, 6) is -0.544. The average molecular weight is 494 g/mol. The highest BCUT2D eigenvalue weighted by atomic mass is 16.6. The van der Waals surface area contributed by atoms with Gasteiger partial charge in [0.15, 0.2) is 0 Å². The van der Waals surface area contributed by atoms with E-state index in [1.165, 1.54) is 0 Å². The van der Waals surface area contributed by atoms with Crippen LogP contribution in [0.15, 0.2) is 54.6 Å². The van der Waals surface area contributed by atoms with Crippen LogP contribution in [0.5, 0.6) is 0 Å². The maximum absolute atomic E-state index is 13.8. The van der Waals surface area contributed by atoms with E-state index in [0.717, 1.165) is 42.4 Å². The first-order chi connectivity index (χ1) is 17.1. The third-order valence-electron chi connectivity index (χ3n) is 6.37. The molecule has 2 unspecified atom stereocenters. The molecule has 2 aromatic rings. The number of nitrogens with zero attached hydrogens (tertiary/aromatic N) is 1. The molecule has 3 amide bonds. The first-order valence-corrected chi connectivity index (χ1v) is 12.8. The fourth-order valence-corrected chi connectivity index (χ4v) is 4.21. The zero-order valence-corrected chi connectivity index (χ0v) is 22.0. The van der Waals surface area contributed by atoms with Crippen molar-refractivity contribution in [3.63, 3.8) is 0 Å². The topological polar surface area (TPSA) is 87.7 Å². The predicted octanol–water partition coefficient (Wildman–Crippen LogP) is 4.90. The summed E-state index contributed by atoms with van der Waals surface area (Å²) in [5.41, 5.74) is 2.21. The Morgan fingerprint density at radius 1 is 1.00 bits per heavy atom. The van der Waals surface area contributed by atoms with Crippen LogP contribution in [-0.4, -0.2) is 40.5 Å². The second-order valence-corrected chi connectivity index (χ2v) is 10.4. The molecular weight excluding hydrogens is 454 g/mol. The van der Waals surface area contributed by atoms with Gasteiger partial charge in [0, 0.05) is 12.6 Å². The first kappa shape index (κ1) is 27.2. The molecule has 0 heterocycles. The summed E-state index contributed by atoms with van der Waals surface area (Å²) in [6.07, 6.45) is 2.86. The molecule has 0 bridgehead atoms. The highest BCUT2D eigenvalue weighted by molar-refractivity contribution is 5.92. The van der Waals surface area contributed by atoms with E-state index in [9.17, 15) is 14.4 Å². The maximum Gasteiger partial charge on any atom is 0.408 e. The summed E-state index contributed by atoms with van der Waals surface area (Å²) in [5, 5.41) is 5.69. The number of nitrogens with one attached hydrogen (secondary N) is 2. The molecule has 0 spiro atoms. The first-order valence-electron chi connectivity index (χ1n) is 12.8. The van der Waals surface area contributed by atoms with Gasteiger partial charge in [-0.25, -0.2) is 4.79 Å². The number of ether oxygens (including phenoxy) is 1. The van der Waals surface area contributed by atoms with Gasteiger partial charge in [-0.2, -0.15) is 0 Å². The van der Waals surface area contributed by atoms with Crippen molar-refractivity contribution in [1.82, 2.24) is 15.5 Å². The van der Waals surface area contributed by atoms with Gasteiger partial charge in [0.05, 0.1) is 0 Å². The number of hydrogen-bond donors (Lipinski definition) is 2. The molecule has 0 aromatic heterocycles. The molecule has 194 valence electrons. The summed E-state index contributed by atoms with van der Waals surface area (Å²) in [6, 6.07) is 15.8. The number of alkyl carbamates (subject to hydrolysis) is 1. The van der Waals surface area contributed by atoms with Crippen molar-refractivity contribution in [2.24, 2.45) is 0 Å². The van der Waals surface area contributed by atoms with E-state index in [-0.39, 0.29) is 17.9 Å². The molecule has 36 heavy (non-hydrogen) atoms. The van der Waals surface area contributed by atoms with Crippen LogP contribution in [0.4, 0.5) is 4.79 Å². The predicted molar refractivity (Wildman–Crippen MR) is 140 cm³/mol. The van der Waals surface area contributed by atoms with Crippen LogP contribution >= 0.6 is 0 Å². The molecule has 1 saturated carbocycles. The van der Waals surface area contributed by atoms with Crippen molar-refractivity contribution >= 4 is 17.9 Å². The zero-order chi connectivity index (χ0) is 26.3. The van der Waals surface area contributed by atoms with Crippen molar-refractivity contribution in [1.29, 1.82) is 0 Å². The molecule has 0 aliphatic heterocycles. The van der Waals surface area contributed by atoms with Crippen molar-refractivity contribution in [2.75, 3.05) is 0 Å². The summed E-state index contributed by atoms with van der Waals surface area (Å²) in [7, 11) is 0. The van der Waals surface area contributed by atoms with Crippen LogP contribution in [0.2, 0.25) is 0 Å². The van der Waals surface area contributed by atoms with E-state index < -0.39 is 23.8 Å². The lowest BCUT2D eigenvalue weighted by molar-refractivity contribution is -0.147. The van der Waals surface area contributed by atoms with Crippen LogP contribution in [-0.2, 0) is 27.3 Å². The molecule has 7 heteroatoms. The number of aryl methyl sites for hydroxylation is 1. The van der Waals surface area contributed by atoms with Crippen LogP contribution < -0.4 is 10.6 Å². The zero-order valence-electron chi connectivity index (χ0n) is 22.0. The molecule has 1 aliphatic carbocycles. The Balaban J connectivity index is 1.88. The third kappa shape index (κ3) is 7.33.